The largest absolute Gasteiger partial charge is 0.493 e. The minimum Gasteiger partial charge on any atom is -0.493 e. The van der Waals surface area contributed by atoms with Gasteiger partial charge in [0.2, 0.25) is 5.78 Å². The van der Waals surface area contributed by atoms with Crippen LogP contribution in [0.3, 0.4) is 0 Å². The Hall–Kier alpha value is -3.06. The van der Waals surface area contributed by atoms with Crippen LogP contribution in [0.15, 0.2) is 54.1 Å². The smallest absolute Gasteiger partial charge is 0.203 e. The van der Waals surface area contributed by atoms with Gasteiger partial charge in [0.1, 0.15) is 11.6 Å². The molecule has 0 saturated carbocycles. The second-order valence-corrected chi connectivity index (χ2v) is 4.71. The Labute approximate surface area is 135 Å². The molecule has 0 N–H and O–H groups in total. The van der Waals surface area contributed by atoms with Gasteiger partial charge in [-0.2, -0.15) is 5.26 Å². The summed E-state index contributed by atoms with van der Waals surface area (Å²) in [6.45, 7) is 2.37. The predicted octanol–water partition coefficient (Wildman–Crippen LogP) is 3.88. The highest BCUT2D eigenvalue weighted by atomic mass is 16.5. The van der Waals surface area contributed by atoms with Gasteiger partial charge in [0.15, 0.2) is 11.5 Å². The van der Waals surface area contributed by atoms with Gasteiger partial charge < -0.3 is 9.47 Å². The van der Waals surface area contributed by atoms with Crippen LogP contribution in [-0.4, -0.2) is 19.5 Å². The number of rotatable bonds is 6. The Morgan fingerprint density at radius 3 is 2.52 bits per heavy atom. The summed E-state index contributed by atoms with van der Waals surface area (Å²) in [6, 6.07) is 16.0. The fourth-order valence-electron chi connectivity index (χ4n) is 2.11. The maximum Gasteiger partial charge on any atom is 0.203 e. The van der Waals surface area contributed by atoms with Crippen molar-refractivity contribution in [1.29, 1.82) is 5.26 Å². The van der Waals surface area contributed by atoms with Crippen molar-refractivity contribution >= 4 is 11.9 Å². The van der Waals surface area contributed by atoms with Gasteiger partial charge in [-0.05, 0) is 30.7 Å². The molecule has 0 spiro atoms. The third-order valence-corrected chi connectivity index (χ3v) is 3.20. The molecular weight excluding hydrogens is 290 g/mol. The van der Waals surface area contributed by atoms with Crippen molar-refractivity contribution in [2.45, 2.75) is 6.92 Å². The summed E-state index contributed by atoms with van der Waals surface area (Å²) >= 11 is 0. The van der Waals surface area contributed by atoms with E-state index in [-0.39, 0.29) is 11.4 Å². The number of benzene rings is 2. The molecule has 0 bridgehead atoms. The Morgan fingerprint density at radius 1 is 1.17 bits per heavy atom. The molecule has 23 heavy (non-hydrogen) atoms. The number of hydrogen-bond donors (Lipinski definition) is 0. The molecule has 2 aromatic carbocycles. The molecule has 4 heteroatoms. The molecule has 0 fully saturated rings. The molecule has 0 unspecified atom stereocenters. The van der Waals surface area contributed by atoms with E-state index in [2.05, 4.69) is 0 Å². The maximum absolute atomic E-state index is 12.4. The van der Waals surface area contributed by atoms with E-state index in [4.69, 9.17) is 9.47 Å². The molecule has 0 saturated heterocycles. The van der Waals surface area contributed by atoms with E-state index in [0.717, 1.165) is 0 Å². The fraction of sp³-hybridized carbons (Fsp3) is 0.158. The zero-order chi connectivity index (χ0) is 16.7. The molecule has 116 valence electrons. The van der Waals surface area contributed by atoms with E-state index < -0.39 is 0 Å². The van der Waals surface area contributed by atoms with Crippen molar-refractivity contribution < 1.29 is 14.3 Å². The molecule has 0 radical (unpaired) electrons. The van der Waals surface area contributed by atoms with Gasteiger partial charge in [0.05, 0.1) is 13.7 Å². The van der Waals surface area contributed by atoms with Crippen molar-refractivity contribution in [3.8, 4) is 17.6 Å². The molecular formula is C19H17NO3. The van der Waals surface area contributed by atoms with E-state index in [0.29, 0.717) is 29.2 Å². The van der Waals surface area contributed by atoms with E-state index >= 15 is 0 Å². The highest BCUT2D eigenvalue weighted by molar-refractivity contribution is 6.14. The molecule has 4 nitrogen and oxygen atoms in total. The summed E-state index contributed by atoms with van der Waals surface area (Å²) in [5.74, 6) is 0.881. The Bertz CT molecular complexity index is 758. The molecule has 0 heterocycles. The minimum absolute atomic E-state index is 0.0730. The number of ether oxygens (including phenoxy) is 2. The number of carbonyl (C=O) groups is 1. The third-order valence-electron chi connectivity index (χ3n) is 3.20. The first-order chi connectivity index (χ1) is 11.2. The van der Waals surface area contributed by atoms with E-state index in [9.17, 15) is 10.1 Å². The number of methoxy groups -OCH3 is 1. The number of carbonyl (C=O) groups excluding carboxylic acids is 1. The van der Waals surface area contributed by atoms with Gasteiger partial charge in [-0.25, -0.2) is 0 Å². The van der Waals surface area contributed by atoms with Crippen LogP contribution in [0, 0.1) is 11.3 Å². The van der Waals surface area contributed by atoms with Crippen LogP contribution in [0.1, 0.15) is 22.8 Å². The quantitative estimate of drug-likeness (QED) is 0.461. The summed E-state index contributed by atoms with van der Waals surface area (Å²) in [5.41, 5.74) is 1.26. The van der Waals surface area contributed by atoms with Gasteiger partial charge in [-0.1, -0.05) is 36.4 Å². The first-order valence-electron chi connectivity index (χ1n) is 7.22. The molecule has 0 amide bonds. The van der Waals surface area contributed by atoms with Crippen molar-refractivity contribution in [3.63, 3.8) is 0 Å². The lowest BCUT2D eigenvalue weighted by molar-refractivity contribution is 0.104. The second-order valence-electron chi connectivity index (χ2n) is 4.71. The number of allylic oxidation sites excluding steroid dienone is 1. The highest BCUT2D eigenvalue weighted by Crippen LogP contribution is 2.29. The third kappa shape index (κ3) is 3.98. The Morgan fingerprint density at radius 2 is 1.91 bits per heavy atom. The zero-order valence-corrected chi connectivity index (χ0v) is 13.1. The van der Waals surface area contributed by atoms with Crippen LogP contribution in [-0.2, 0) is 0 Å². The van der Waals surface area contributed by atoms with Crippen LogP contribution < -0.4 is 9.47 Å². The molecule has 0 aromatic heterocycles. The Balaban J connectivity index is 2.37. The number of nitrogens with zero attached hydrogens (tertiary/aromatic N) is 1. The molecule has 0 aliphatic rings. The second kappa shape index (κ2) is 7.81. The SMILES string of the molecule is CCOc1cc(/C=C(\C#N)C(=O)c2ccccc2)ccc1OC. The first kappa shape index (κ1) is 16.3. The topological polar surface area (TPSA) is 59.3 Å². The molecule has 0 atom stereocenters. The molecule has 0 aliphatic carbocycles. The van der Waals surface area contributed by atoms with Crippen LogP contribution in [0.4, 0.5) is 0 Å². The van der Waals surface area contributed by atoms with Gasteiger partial charge in [-0.3, -0.25) is 4.79 Å². The lowest BCUT2D eigenvalue weighted by Crippen LogP contribution is -2.01. The summed E-state index contributed by atoms with van der Waals surface area (Å²) in [4.78, 5) is 12.4. The maximum atomic E-state index is 12.4. The van der Waals surface area contributed by atoms with Gasteiger partial charge >= 0.3 is 0 Å². The average molecular weight is 307 g/mol. The monoisotopic (exact) mass is 307 g/mol. The zero-order valence-electron chi connectivity index (χ0n) is 13.1. The van der Waals surface area contributed by atoms with Gasteiger partial charge in [0.25, 0.3) is 0 Å². The van der Waals surface area contributed by atoms with Crippen LogP contribution >= 0.6 is 0 Å². The molecule has 2 aromatic rings. The lowest BCUT2D eigenvalue weighted by Gasteiger charge is -2.09. The number of Topliss-reactive ketones (excluding diaryl/α,β-unsaturated/α-hetero) is 1. The lowest BCUT2D eigenvalue weighted by atomic mass is 10.0. The van der Waals surface area contributed by atoms with E-state index in [1.54, 1.807) is 55.7 Å². The fourth-order valence-corrected chi connectivity index (χ4v) is 2.11. The minimum atomic E-state index is -0.304. The average Bonchev–Trinajstić information content (AvgIpc) is 2.60. The first-order valence-corrected chi connectivity index (χ1v) is 7.22. The van der Waals surface area contributed by atoms with Crippen molar-refractivity contribution in [2.24, 2.45) is 0 Å². The summed E-state index contributed by atoms with van der Waals surface area (Å²) in [5, 5.41) is 9.30. The van der Waals surface area contributed by atoms with E-state index in [1.807, 2.05) is 19.1 Å². The molecule has 2 rings (SSSR count). The van der Waals surface area contributed by atoms with Crippen molar-refractivity contribution in [2.75, 3.05) is 13.7 Å². The normalized spacial score (nSPS) is 10.7. The summed E-state index contributed by atoms with van der Waals surface area (Å²) in [7, 11) is 1.56. The predicted molar refractivity (Wildman–Crippen MR) is 88.5 cm³/mol. The summed E-state index contributed by atoms with van der Waals surface area (Å²) in [6.07, 6.45) is 1.55. The van der Waals surface area contributed by atoms with Gasteiger partial charge in [-0.15, -0.1) is 0 Å². The standard InChI is InChI=1S/C19H17NO3/c1-3-23-18-12-14(9-10-17(18)22-2)11-16(13-20)19(21)15-7-5-4-6-8-15/h4-12H,3H2,1-2H3/b16-11+. The van der Waals surface area contributed by atoms with Crippen LogP contribution in [0.5, 0.6) is 11.5 Å². The van der Waals surface area contributed by atoms with Crippen LogP contribution in [0.2, 0.25) is 0 Å². The van der Waals surface area contributed by atoms with Crippen molar-refractivity contribution in [3.05, 3.63) is 65.2 Å². The Kier molecular flexibility index (Phi) is 5.54. The van der Waals surface area contributed by atoms with Crippen LogP contribution in [0.25, 0.3) is 6.08 Å². The van der Waals surface area contributed by atoms with Gasteiger partial charge in [0, 0.05) is 5.56 Å². The van der Waals surface area contributed by atoms with E-state index in [1.165, 1.54) is 0 Å². The van der Waals surface area contributed by atoms with Crippen molar-refractivity contribution in [1.82, 2.24) is 0 Å². The summed E-state index contributed by atoms with van der Waals surface area (Å²) < 4.78 is 10.7. The number of nitriles is 1. The number of hydrogen-bond acceptors (Lipinski definition) is 4. The molecule has 0 aliphatic heterocycles. The number of ketones is 1. The highest BCUT2D eigenvalue weighted by Gasteiger charge is 2.12.